The SMILES string of the molecule is CC1C[N+]23CC2(C(C)O1)C1(Cc2cc4c(C(F)(F)F)noc4c(F)c23)C(=O)NC(=O)NC1=O. The van der Waals surface area contributed by atoms with E-state index in [4.69, 9.17) is 9.26 Å². The molecule has 2 N–H and O–H groups in total. The minimum Gasteiger partial charge on any atom is -0.363 e. The lowest BCUT2D eigenvalue weighted by Gasteiger charge is -2.49. The maximum absolute atomic E-state index is 15.8. The molecular formula is C20H17F4N4O5+. The van der Waals surface area contributed by atoms with Gasteiger partial charge in [0.25, 0.3) is 11.8 Å². The molecule has 4 atom stereocenters. The number of amides is 4. The Morgan fingerprint density at radius 3 is 2.48 bits per heavy atom. The number of nitrogens with zero attached hydrogens (tertiary/aromatic N) is 2. The standard InChI is InChI=1S/C20H16F4N4O5/c1-7-5-28-6-19(28,8(2)32-7)18(15(29)25-17(31)26-16(18)30)4-9-3-10-13(11(21)12(9)28)33-27-14(10)20(22,23)24/h3,7-8H,4-6H2,1-2H3,(H-,25,26,29,30,31)/p+1. The molecule has 3 fully saturated rings. The first-order valence-corrected chi connectivity index (χ1v) is 10.3. The number of alkyl halides is 3. The van der Waals surface area contributed by atoms with Crippen LogP contribution in [0.4, 0.5) is 28.0 Å². The minimum atomic E-state index is -4.90. The van der Waals surface area contributed by atoms with Crippen LogP contribution in [0.5, 0.6) is 0 Å². The Balaban J connectivity index is 1.68. The first-order valence-electron chi connectivity index (χ1n) is 10.3. The number of hydrogen-bond acceptors (Lipinski definition) is 6. The quantitative estimate of drug-likeness (QED) is 0.263. The van der Waals surface area contributed by atoms with E-state index in [-0.39, 0.29) is 28.8 Å². The fourth-order valence-electron chi connectivity index (χ4n) is 6.67. The van der Waals surface area contributed by atoms with Crippen molar-refractivity contribution in [3.8, 4) is 0 Å². The lowest BCUT2D eigenvalue weighted by molar-refractivity contribution is -0.160. The first kappa shape index (κ1) is 20.5. The molecule has 0 radical (unpaired) electrons. The van der Waals surface area contributed by atoms with Crippen molar-refractivity contribution in [3.05, 3.63) is 23.1 Å². The van der Waals surface area contributed by atoms with E-state index in [1.165, 1.54) is 0 Å². The number of halogens is 4. The first-order chi connectivity index (χ1) is 15.4. The number of morpholine rings is 1. The molecular weight excluding hydrogens is 452 g/mol. The van der Waals surface area contributed by atoms with Gasteiger partial charge in [-0.3, -0.25) is 24.7 Å². The summed E-state index contributed by atoms with van der Waals surface area (Å²) in [5, 5.41) is 6.68. The maximum atomic E-state index is 15.8. The molecule has 1 aromatic carbocycles. The number of imide groups is 2. The van der Waals surface area contributed by atoms with Crippen molar-refractivity contribution in [1.29, 1.82) is 0 Å². The Kier molecular flexibility index (Phi) is 3.55. The third-order valence-electron chi connectivity index (χ3n) is 7.73. The zero-order valence-corrected chi connectivity index (χ0v) is 17.3. The molecule has 9 nitrogen and oxygen atoms in total. The van der Waals surface area contributed by atoms with E-state index >= 15 is 4.39 Å². The second kappa shape index (κ2) is 5.70. The Morgan fingerprint density at radius 2 is 1.85 bits per heavy atom. The van der Waals surface area contributed by atoms with Gasteiger partial charge in [-0.25, -0.2) is 4.79 Å². The van der Waals surface area contributed by atoms with Crippen LogP contribution in [0.15, 0.2) is 10.6 Å². The number of urea groups is 1. The molecule has 6 rings (SSSR count). The van der Waals surface area contributed by atoms with Crippen molar-refractivity contribution in [2.45, 2.75) is 44.2 Å². The van der Waals surface area contributed by atoms with Gasteiger partial charge in [0.1, 0.15) is 25.3 Å². The second-order valence-electron chi connectivity index (χ2n) is 9.25. The summed E-state index contributed by atoms with van der Waals surface area (Å²) >= 11 is 0. The van der Waals surface area contributed by atoms with Gasteiger partial charge >= 0.3 is 12.2 Å². The highest BCUT2D eigenvalue weighted by Crippen LogP contribution is 2.68. The van der Waals surface area contributed by atoms with E-state index in [0.29, 0.717) is 0 Å². The normalized spacial score (nSPS) is 34.4. The second-order valence-corrected chi connectivity index (χ2v) is 9.25. The Morgan fingerprint density at radius 1 is 1.18 bits per heavy atom. The number of hydrogen-bond donors (Lipinski definition) is 2. The summed E-state index contributed by atoms with van der Waals surface area (Å²) in [5.74, 6) is -2.77. The Labute approximate surface area is 182 Å². The third kappa shape index (κ3) is 2.10. The maximum Gasteiger partial charge on any atom is 0.437 e. The van der Waals surface area contributed by atoms with Crippen LogP contribution in [-0.4, -0.2) is 53.8 Å². The summed E-state index contributed by atoms with van der Waals surface area (Å²) in [6.07, 6.45) is -6.41. The molecule has 33 heavy (non-hydrogen) atoms. The smallest absolute Gasteiger partial charge is 0.363 e. The van der Waals surface area contributed by atoms with Gasteiger partial charge in [0, 0.05) is 12.0 Å². The molecule has 1 spiro atoms. The monoisotopic (exact) mass is 469 g/mol. The Hall–Kier alpha value is -3.06. The zero-order chi connectivity index (χ0) is 23.7. The number of aromatic nitrogens is 1. The molecule has 4 unspecified atom stereocenters. The van der Waals surface area contributed by atoms with Crippen molar-refractivity contribution in [3.63, 3.8) is 0 Å². The zero-order valence-electron chi connectivity index (χ0n) is 17.3. The van der Waals surface area contributed by atoms with Crippen LogP contribution in [0.2, 0.25) is 0 Å². The van der Waals surface area contributed by atoms with E-state index in [1.807, 2.05) is 0 Å². The van der Waals surface area contributed by atoms with E-state index < -0.39 is 76.1 Å². The molecule has 13 heteroatoms. The van der Waals surface area contributed by atoms with Gasteiger partial charge in [-0.1, -0.05) is 5.16 Å². The van der Waals surface area contributed by atoms with Gasteiger partial charge < -0.3 is 9.26 Å². The van der Waals surface area contributed by atoms with Crippen LogP contribution < -0.4 is 15.1 Å². The number of benzene rings is 1. The number of barbiturate groups is 1. The summed E-state index contributed by atoms with van der Waals surface area (Å²) in [7, 11) is 0. The van der Waals surface area contributed by atoms with Gasteiger partial charge in [0.15, 0.2) is 16.8 Å². The number of ether oxygens (including phenoxy) is 1. The van der Waals surface area contributed by atoms with Gasteiger partial charge in [0.2, 0.25) is 16.9 Å². The van der Waals surface area contributed by atoms with Crippen LogP contribution in [0.1, 0.15) is 25.1 Å². The average molecular weight is 469 g/mol. The van der Waals surface area contributed by atoms with Crippen molar-refractivity contribution >= 4 is 34.5 Å². The molecule has 4 amide bonds. The lowest BCUT2D eigenvalue weighted by atomic mass is 9.63. The lowest BCUT2D eigenvalue weighted by Crippen LogP contribution is -2.76. The molecule has 1 aromatic heterocycles. The summed E-state index contributed by atoms with van der Waals surface area (Å²) in [6, 6.07) is 0.0978. The van der Waals surface area contributed by atoms with Gasteiger partial charge in [-0.2, -0.15) is 17.6 Å². The molecule has 0 bridgehead atoms. The van der Waals surface area contributed by atoms with Crippen LogP contribution in [0, 0.1) is 11.2 Å². The van der Waals surface area contributed by atoms with E-state index in [9.17, 15) is 27.6 Å². The molecule has 5 heterocycles. The third-order valence-corrected chi connectivity index (χ3v) is 7.73. The minimum absolute atomic E-state index is 0.0581. The predicted octanol–water partition coefficient (Wildman–Crippen LogP) is 1.76. The topological polar surface area (TPSA) is 111 Å². The van der Waals surface area contributed by atoms with Crippen molar-refractivity contribution in [2.75, 3.05) is 13.1 Å². The summed E-state index contributed by atoms with van der Waals surface area (Å²) in [6.45, 7) is 3.73. The number of fused-ring (bicyclic) bond motifs is 2. The van der Waals surface area contributed by atoms with Gasteiger partial charge in [0.05, 0.1) is 5.39 Å². The van der Waals surface area contributed by atoms with Crippen LogP contribution >= 0.6 is 0 Å². The predicted molar refractivity (Wildman–Crippen MR) is 101 cm³/mol. The molecule has 4 aliphatic rings. The molecule has 2 aromatic rings. The number of carbonyl (C=O) groups excluding carboxylic acids is 3. The highest BCUT2D eigenvalue weighted by Gasteiger charge is 2.91. The van der Waals surface area contributed by atoms with Gasteiger partial charge in [-0.05, 0) is 19.9 Å². The van der Waals surface area contributed by atoms with E-state index in [2.05, 4.69) is 15.8 Å². The number of quaternary nitrogens is 1. The van der Waals surface area contributed by atoms with Crippen LogP contribution in [-0.2, 0) is 26.9 Å². The highest BCUT2D eigenvalue weighted by atomic mass is 19.4. The van der Waals surface area contributed by atoms with E-state index in [0.717, 1.165) is 6.07 Å². The van der Waals surface area contributed by atoms with Crippen LogP contribution in [0.25, 0.3) is 11.0 Å². The van der Waals surface area contributed by atoms with E-state index in [1.54, 1.807) is 13.8 Å². The number of rotatable bonds is 0. The number of nitrogens with one attached hydrogen (secondary N) is 2. The van der Waals surface area contributed by atoms with Crippen LogP contribution in [0.3, 0.4) is 0 Å². The van der Waals surface area contributed by atoms with Crippen molar-refractivity contribution in [2.24, 2.45) is 5.41 Å². The molecule has 3 saturated heterocycles. The number of carbonyl (C=O) groups is 3. The summed E-state index contributed by atoms with van der Waals surface area (Å²) < 4.78 is 66.8. The largest absolute Gasteiger partial charge is 0.437 e. The molecule has 4 aliphatic heterocycles. The molecule has 0 aliphatic carbocycles. The molecule has 0 saturated carbocycles. The molecule has 174 valence electrons. The van der Waals surface area contributed by atoms with Gasteiger partial charge in [-0.15, -0.1) is 0 Å². The summed E-state index contributed by atoms with van der Waals surface area (Å²) in [4.78, 5) is 38.4. The average Bonchev–Trinajstić information content (AvgIpc) is 3.19. The van der Waals surface area contributed by atoms with Crippen molar-refractivity contribution in [1.82, 2.24) is 20.3 Å². The summed E-state index contributed by atoms with van der Waals surface area (Å²) in [5.41, 5.74) is -5.04. The fourth-order valence-corrected chi connectivity index (χ4v) is 6.67. The highest BCUT2D eigenvalue weighted by molar-refractivity contribution is 6.21. The fraction of sp³-hybridized carbons (Fsp3) is 0.500. The van der Waals surface area contributed by atoms with Crippen molar-refractivity contribution < 1.29 is 41.2 Å². The Bertz CT molecular complexity index is 1290.